The molecule has 0 saturated heterocycles. The molecule has 0 N–H and O–H groups in total. The maximum atomic E-state index is 13.1. The van der Waals surface area contributed by atoms with E-state index in [9.17, 15) is 9.18 Å². The summed E-state index contributed by atoms with van der Waals surface area (Å²) in [6.45, 7) is 2.03. The number of nitrogens with zero attached hydrogens (tertiary/aromatic N) is 1. The van der Waals surface area contributed by atoms with Crippen LogP contribution in [0, 0.1) is 5.82 Å². The summed E-state index contributed by atoms with van der Waals surface area (Å²) in [5.74, 6) is -0.795. The first-order chi connectivity index (χ1) is 8.65. The first-order valence-electron chi connectivity index (χ1n) is 5.48. The minimum absolute atomic E-state index is 0.293. The molecule has 2 rings (SSSR count). The van der Waals surface area contributed by atoms with E-state index in [1.165, 1.54) is 12.1 Å². The molecule has 1 heterocycles. The standard InChI is InChI=1S/C13H11BrFNO2/c1-2-18-13(17)10-6-8-5-9(15)3-4-11(8)16-12(10)7-14/h3-6H,2,7H2,1H3. The van der Waals surface area contributed by atoms with E-state index >= 15 is 0 Å². The van der Waals surface area contributed by atoms with Crippen LogP contribution in [0.25, 0.3) is 10.9 Å². The van der Waals surface area contributed by atoms with Crippen molar-refractivity contribution in [1.29, 1.82) is 0 Å². The Bertz CT molecular complexity index is 601. The molecule has 0 aliphatic heterocycles. The van der Waals surface area contributed by atoms with Crippen molar-refractivity contribution >= 4 is 32.8 Å². The molecule has 0 spiro atoms. The Labute approximate surface area is 112 Å². The lowest BCUT2D eigenvalue weighted by Gasteiger charge is -2.08. The van der Waals surface area contributed by atoms with Crippen molar-refractivity contribution in [3.63, 3.8) is 0 Å². The Hall–Kier alpha value is -1.49. The van der Waals surface area contributed by atoms with Gasteiger partial charge in [0.15, 0.2) is 0 Å². The van der Waals surface area contributed by atoms with Gasteiger partial charge in [-0.15, -0.1) is 0 Å². The van der Waals surface area contributed by atoms with Crippen molar-refractivity contribution in [3.8, 4) is 0 Å². The highest BCUT2D eigenvalue weighted by Crippen LogP contribution is 2.20. The third-order valence-corrected chi connectivity index (χ3v) is 3.01. The average Bonchev–Trinajstić information content (AvgIpc) is 2.37. The number of fused-ring (bicyclic) bond motifs is 1. The number of aromatic nitrogens is 1. The van der Waals surface area contributed by atoms with Crippen molar-refractivity contribution < 1.29 is 13.9 Å². The maximum absolute atomic E-state index is 13.1. The summed E-state index contributed by atoms with van der Waals surface area (Å²) < 4.78 is 18.1. The lowest BCUT2D eigenvalue weighted by Crippen LogP contribution is -2.09. The van der Waals surface area contributed by atoms with Crippen LogP contribution in [0.15, 0.2) is 24.3 Å². The number of carbonyl (C=O) groups excluding carboxylic acids is 1. The highest BCUT2D eigenvalue weighted by Gasteiger charge is 2.14. The van der Waals surface area contributed by atoms with Crippen LogP contribution in [0.1, 0.15) is 23.0 Å². The number of alkyl halides is 1. The fourth-order valence-corrected chi connectivity index (χ4v) is 2.10. The maximum Gasteiger partial charge on any atom is 0.340 e. The smallest absolute Gasteiger partial charge is 0.340 e. The Morgan fingerprint density at radius 1 is 1.44 bits per heavy atom. The summed E-state index contributed by atoms with van der Waals surface area (Å²) in [4.78, 5) is 16.1. The van der Waals surface area contributed by atoms with Gasteiger partial charge in [0.05, 0.1) is 23.4 Å². The topological polar surface area (TPSA) is 39.2 Å². The fraction of sp³-hybridized carbons (Fsp3) is 0.231. The SMILES string of the molecule is CCOC(=O)c1cc2cc(F)ccc2nc1CBr. The average molecular weight is 312 g/mol. The Morgan fingerprint density at radius 2 is 2.22 bits per heavy atom. The number of carbonyl (C=O) groups is 1. The predicted molar refractivity (Wildman–Crippen MR) is 70.3 cm³/mol. The normalized spacial score (nSPS) is 10.6. The molecule has 5 heteroatoms. The van der Waals surface area contributed by atoms with Gasteiger partial charge in [-0.2, -0.15) is 0 Å². The molecule has 1 aromatic heterocycles. The summed E-state index contributed by atoms with van der Waals surface area (Å²) in [6.07, 6.45) is 0. The van der Waals surface area contributed by atoms with Crippen LogP contribution in [0.4, 0.5) is 4.39 Å². The number of hydrogen-bond acceptors (Lipinski definition) is 3. The lowest BCUT2D eigenvalue weighted by atomic mass is 10.1. The van der Waals surface area contributed by atoms with Gasteiger partial charge in [-0.1, -0.05) is 15.9 Å². The Morgan fingerprint density at radius 3 is 2.89 bits per heavy atom. The molecule has 0 unspecified atom stereocenters. The summed E-state index contributed by atoms with van der Waals surface area (Å²) in [5, 5.41) is 1.02. The molecule has 0 radical (unpaired) electrons. The van der Waals surface area contributed by atoms with E-state index in [0.29, 0.717) is 34.1 Å². The highest BCUT2D eigenvalue weighted by molar-refractivity contribution is 9.08. The molecule has 3 nitrogen and oxygen atoms in total. The number of pyridine rings is 1. The molecule has 0 atom stereocenters. The van der Waals surface area contributed by atoms with Crippen molar-refractivity contribution in [1.82, 2.24) is 4.98 Å². The van der Waals surface area contributed by atoms with Gasteiger partial charge in [-0.3, -0.25) is 4.98 Å². The van der Waals surface area contributed by atoms with E-state index in [-0.39, 0.29) is 5.82 Å². The molecule has 0 amide bonds. The van der Waals surface area contributed by atoms with E-state index in [0.717, 1.165) is 0 Å². The number of rotatable bonds is 3. The summed E-state index contributed by atoms with van der Waals surface area (Å²) in [5.41, 5.74) is 1.61. The number of esters is 1. The van der Waals surface area contributed by atoms with Gasteiger partial charge in [0.25, 0.3) is 0 Å². The molecule has 0 aliphatic carbocycles. The molecule has 0 aliphatic rings. The molecular weight excluding hydrogens is 301 g/mol. The third-order valence-electron chi connectivity index (χ3n) is 2.48. The van der Waals surface area contributed by atoms with E-state index in [2.05, 4.69) is 20.9 Å². The molecule has 18 heavy (non-hydrogen) atoms. The van der Waals surface area contributed by atoms with Crippen LogP contribution in [-0.4, -0.2) is 17.6 Å². The first-order valence-corrected chi connectivity index (χ1v) is 6.60. The second kappa shape index (κ2) is 5.44. The van der Waals surface area contributed by atoms with Crippen molar-refractivity contribution in [2.24, 2.45) is 0 Å². The second-order valence-electron chi connectivity index (χ2n) is 3.67. The van der Waals surface area contributed by atoms with E-state index in [1.807, 2.05) is 0 Å². The summed E-state index contributed by atoms with van der Waals surface area (Å²) >= 11 is 3.28. The van der Waals surface area contributed by atoms with E-state index in [1.54, 1.807) is 19.1 Å². The molecule has 2 aromatic rings. The first kappa shape index (κ1) is 13.0. The lowest BCUT2D eigenvalue weighted by molar-refractivity contribution is 0.0525. The zero-order valence-corrected chi connectivity index (χ0v) is 11.3. The van der Waals surface area contributed by atoms with Crippen molar-refractivity contribution in [2.75, 3.05) is 6.61 Å². The van der Waals surface area contributed by atoms with Crippen LogP contribution in [0.3, 0.4) is 0 Å². The molecule has 0 fully saturated rings. The number of hydrogen-bond donors (Lipinski definition) is 0. The molecular formula is C13H11BrFNO2. The minimum Gasteiger partial charge on any atom is -0.462 e. The second-order valence-corrected chi connectivity index (χ2v) is 4.23. The zero-order chi connectivity index (χ0) is 13.1. The summed E-state index contributed by atoms with van der Waals surface area (Å²) in [7, 11) is 0. The van der Waals surface area contributed by atoms with Gasteiger partial charge in [-0.25, -0.2) is 9.18 Å². The number of ether oxygens (including phenoxy) is 1. The predicted octanol–water partition coefficient (Wildman–Crippen LogP) is 3.45. The molecule has 94 valence electrons. The molecule has 0 saturated carbocycles. The van der Waals surface area contributed by atoms with Crippen LogP contribution < -0.4 is 0 Å². The van der Waals surface area contributed by atoms with Crippen LogP contribution in [-0.2, 0) is 10.1 Å². The van der Waals surface area contributed by atoms with Gasteiger partial charge in [-0.05, 0) is 31.2 Å². The number of halogens is 2. The molecule has 0 bridgehead atoms. The number of benzene rings is 1. The monoisotopic (exact) mass is 311 g/mol. The van der Waals surface area contributed by atoms with Gasteiger partial charge < -0.3 is 4.74 Å². The van der Waals surface area contributed by atoms with E-state index < -0.39 is 5.97 Å². The summed E-state index contributed by atoms with van der Waals surface area (Å²) in [6, 6.07) is 5.90. The molecule has 1 aromatic carbocycles. The van der Waals surface area contributed by atoms with Gasteiger partial charge in [0.2, 0.25) is 0 Å². The van der Waals surface area contributed by atoms with Crippen LogP contribution in [0.2, 0.25) is 0 Å². The quantitative estimate of drug-likeness (QED) is 0.644. The van der Waals surface area contributed by atoms with Crippen LogP contribution >= 0.6 is 15.9 Å². The van der Waals surface area contributed by atoms with Gasteiger partial charge in [0, 0.05) is 10.7 Å². The minimum atomic E-state index is -0.439. The Balaban J connectivity index is 2.60. The third kappa shape index (κ3) is 2.51. The van der Waals surface area contributed by atoms with E-state index in [4.69, 9.17) is 4.74 Å². The Kier molecular flexibility index (Phi) is 3.91. The largest absolute Gasteiger partial charge is 0.462 e. The highest BCUT2D eigenvalue weighted by atomic mass is 79.9. The fourth-order valence-electron chi connectivity index (χ4n) is 1.67. The van der Waals surface area contributed by atoms with Crippen molar-refractivity contribution in [3.05, 3.63) is 41.3 Å². The van der Waals surface area contributed by atoms with Crippen molar-refractivity contribution in [2.45, 2.75) is 12.3 Å². The van der Waals surface area contributed by atoms with Gasteiger partial charge >= 0.3 is 5.97 Å². The van der Waals surface area contributed by atoms with Crippen LogP contribution in [0.5, 0.6) is 0 Å². The zero-order valence-electron chi connectivity index (χ0n) is 9.74. The van der Waals surface area contributed by atoms with Gasteiger partial charge in [0.1, 0.15) is 5.82 Å².